The van der Waals surface area contributed by atoms with Gasteiger partial charge in [-0.2, -0.15) is 0 Å². The van der Waals surface area contributed by atoms with E-state index in [-0.39, 0.29) is 37.2 Å². The minimum absolute atomic E-state index is 0.0523. The number of halogens is 2. The molecule has 1 aliphatic carbocycles. The van der Waals surface area contributed by atoms with Crippen molar-refractivity contribution in [2.75, 3.05) is 0 Å². The fourth-order valence-corrected chi connectivity index (χ4v) is 5.97. The maximum absolute atomic E-state index is 13.9. The molecule has 1 aliphatic rings. The van der Waals surface area contributed by atoms with Gasteiger partial charge in [0.2, 0.25) is 17.7 Å². The van der Waals surface area contributed by atoms with Gasteiger partial charge in [0.05, 0.1) is 0 Å². The van der Waals surface area contributed by atoms with Crippen molar-refractivity contribution in [2.24, 2.45) is 17.6 Å². The number of hydrogen-bond donors (Lipinski definition) is 5. The smallest absolute Gasteiger partial charge is 0.243 e. The molecule has 0 aromatic heterocycles. The third-order valence-electron chi connectivity index (χ3n) is 7.74. The Labute approximate surface area is 262 Å². The molecule has 8 nitrogen and oxygen atoms in total. The predicted molar refractivity (Wildman–Crippen MR) is 170 cm³/mol. The summed E-state index contributed by atoms with van der Waals surface area (Å²) in [6.07, 6.45) is 4.75. The number of carbonyl (C=O) groups is 3. The number of amidine groups is 1. The third kappa shape index (κ3) is 9.56. The van der Waals surface area contributed by atoms with E-state index < -0.39 is 23.8 Å². The van der Waals surface area contributed by atoms with Crippen LogP contribution in [0.15, 0.2) is 72.8 Å². The first kappa shape index (κ1) is 32.0. The topological polar surface area (TPSA) is 137 Å². The molecule has 3 aromatic carbocycles. The lowest BCUT2D eigenvalue weighted by Gasteiger charge is -2.31. The van der Waals surface area contributed by atoms with Crippen LogP contribution < -0.4 is 21.7 Å². The Morgan fingerprint density at radius 3 is 2.00 bits per heavy atom. The van der Waals surface area contributed by atoms with Crippen LogP contribution in [0, 0.1) is 17.2 Å². The van der Waals surface area contributed by atoms with Crippen molar-refractivity contribution in [3.63, 3.8) is 0 Å². The zero-order valence-electron chi connectivity index (χ0n) is 23.9. The van der Waals surface area contributed by atoms with E-state index in [4.69, 9.17) is 34.3 Å². The van der Waals surface area contributed by atoms with Crippen molar-refractivity contribution in [1.29, 1.82) is 5.41 Å². The van der Waals surface area contributed by atoms with E-state index in [9.17, 15) is 14.4 Å². The number of nitrogens with two attached hydrogens (primary N) is 1. The second-order valence-corrected chi connectivity index (χ2v) is 11.8. The normalized spacial score (nSPS) is 14.7. The molecule has 1 unspecified atom stereocenters. The fourth-order valence-electron chi connectivity index (χ4n) is 5.40. The summed E-state index contributed by atoms with van der Waals surface area (Å²) in [4.78, 5) is 40.9. The Morgan fingerprint density at radius 2 is 1.37 bits per heavy atom. The first-order valence-electron chi connectivity index (χ1n) is 14.5. The molecule has 4 rings (SSSR count). The van der Waals surface area contributed by atoms with Gasteiger partial charge in [0.15, 0.2) is 0 Å². The number of benzene rings is 3. The van der Waals surface area contributed by atoms with E-state index in [1.165, 1.54) is 0 Å². The Kier molecular flexibility index (Phi) is 11.6. The van der Waals surface area contributed by atoms with E-state index in [2.05, 4.69) is 16.0 Å². The van der Waals surface area contributed by atoms with Crippen LogP contribution in [-0.4, -0.2) is 29.6 Å². The van der Waals surface area contributed by atoms with Crippen LogP contribution in [0.2, 0.25) is 10.0 Å². The number of amides is 3. The molecule has 3 aromatic rings. The molecule has 0 spiro atoms. The van der Waals surface area contributed by atoms with Gasteiger partial charge < -0.3 is 21.7 Å². The first-order chi connectivity index (χ1) is 20.7. The average Bonchev–Trinajstić information content (AvgIpc) is 3.00. The number of nitrogens with one attached hydrogen (secondary N) is 4. The van der Waals surface area contributed by atoms with Gasteiger partial charge in [-0.1, -0.05) is 97.1 Å². The molecule has 43 heavy (non-hydrogen) atoms. The molecule has 10 heteroatoms. The average molecular weight is 623 g/mol. The molecule has 0 aliphatic heterocycles. The van der Waals surface area contributed by atoms with Crippen molar-refractivity contribution < 1.29 is 14.4 Å². The zero-order chi connectivity index (χ0) is 30.8. The van der Waals surface area contributed by atoms with E-state index in [0.29, 0.717) is 15.6 Å². The van der Waals surface area contributed by atoms with Gasteiger partial charge >= 0.3 is 0 Å². The van der Waals surface area contributed by atoms with Crippen molar-refractivity contribution in [3.8, 4) is 0 Å². The number of carbonyl (C=O) groups excluding carboxylic acids is 3. The highest BCUT2D eigenvalue weighted by Gasteiger charge is 2.35. The standard InChI is InChI=1S/C33H37Cl2N5O3/c34-26-15-23(16-27(35)18-26)20-39-33(43)29(24-9-5-2-6-10-24)40-32(42)28(17-21-11-13-25(14-12-21)30(36)37)31(41)38-19-22-7-3-1-4-8-22/h1,3-4,7-8,11-16,18,24,28-29H,2,5-6,9-10,17,19-20H2,(H3,36,37)(H,38,41)(H,39,43)(H,40,42)/t28?,29-/m0/s1. The summed E-state index contributed by atoms with van der Waals surface area (Å²) in [6, 6.07) is 20.6. The SMILES string of the molecule is N=C(N)c1ccc(CC(C(=O)NCc2ccccc2)C(=O)N[C@H](C(=O)NCc2cc(Cl)cc(Cl)c2)C2CCCCC2)cc1. The molecule has 226 valence electrons. The molecule has 1 saturated carbocycles. The van der Waals surface area contributed by atoms with Crippen LogP contribution in [0.5, 0.6) is 0 Å². The van der Waals surface area contributed by atoms with Crippen LogP contribution >= 0.6 is 23.2 Å². The molecule has 0 radical (unpaired) electrons. The summed E-state index contributed by atoms with van der Waals surface area (Å²) in [7, 11) is 0. The largest absolute Gasteiger partial charge is 0.384 e. The zero-order valence-corrected chi connectivity index (χ0v) is 25.4. The summed E-state index contributed by atoms with van der Waals surface area (Å²) < 4.78 is 0. The van der Waals surface area contributed by atoms with E-state index in [0.717, 1.165) is 48.8 Å². The van der Waals surface area contributed by atoms with Crippen LogP contribution in [0.1, 0.15) is 54.4 Å². The highest BCUT2D eigenvalue weighted by molar-refractivity contribution is 6.34. The molecular weight excluding hydrogens is 585 g/mol. The highest BCUT2D eigenvalue weighted by Crippen LogP contribution is 2.27. The van der Waals surface area contributed by atoms with Gasteiger partial charge in [-0.15, -0.1) is 0 Å². The molecule has 2 atom stereocenters. The first-order valence-corrected chi connectivity index (χ1v) is 15.2. The number of rotatable bonds is 12. The van der Waals surface area contributed by atoms with Gasteiger partial charge in [0.25, 0.3) is 0 Å². The van der Waals surface area contributed by atoms with Crippen molar-refractivity contribution in [1.82, 2.24) is 16.0 Å². The lowest BCUT2D eigenvalue weighted by atomic mass is 9.83. The number of hydrogen-bond acceptors (Lipinski definition) is 4. The molecule has 0 bridgehead atoms. The minimum Gasteiger partial charge on any atom is -0.384 e. The minimum atomic E-state index is -1.09. The molecule has 6 N–H and O–H groups in total. The van der Waals surface area contributed by atoms with Crippen LogP contribution in [0.3, 0.4) is 0 Å². The van der Waals surface area contributed by atoms with Crippen LogP contribution in [0.4, 0.5) is 0 Å². The quantitative estimate of drug-likeness (QED) is 0.109. The summed E-state index contributed by atoms with van der Waals surface area (Å²) in [5.41, 5.74) is 8.52. The summed E-state index contributed by atoms with van der Waals surface area (Å²) in [5.74, 6) is -2.47. The van der Waals surface area contributed by atoms with E-state index in [1.807, 2.05) is 30.3 Å². The summed E-state index contributed by atoms with van der Waals surface area (Å²) >= 11 is 12.3. The lowest BCUT2D eigenvalue weighted by Crippen LogP contribution is -2.54. The molecule has 3 amide bonds. The van der Waals surface area contributed by atoms with Gasteiger partial charge in [0.1, 0.15) is 17.8 Å². The molecular formula is C33H37Cl2N5O3. The maximum Gasteiger partial charge on any atom is 0.243 e. The second kappa shape index (κ2) is 15.5. The second-order valence-electron chi connectivity index (χ2n) is 11.0. The molecule has 0 heterocycles. The summed E-state index contributed by atoms with van der Waals surface area (Å²) in [6.45, 7) is 0.461. The van der Waals surface area contributed by atoms with Gasteiger partial charge in [-0.05, 0) is 60.1 Å². The summed E-state index contributed by atoms with van der Waals surface area (Å²) in [5, 5.41) is 17.4. The third-order valence-corrected chi connectivity index (χ3v) is 8.17. The van der Waals surface area contributed by atoms with Gasteiger partial charge in [-0.25, -0.2) is 0 Å². The monoisotopic (exact) mass is 621 g/mol. The fraction of sp³-hybridized carbons (Fsp3) is 0.333. The Balaban J connectivity index is 1.53. The van der Waals surface area contributed by atoms with Crippen molar-refractivity contribution in [2.45, 2.75) is 57.7 Å². The van der Waals surface area contributed by atoms with Gasteiger partial charge in [-0.3, -0.25) is 19.8 Å². The maximum atomic E-state index is 13.9. The van der Waals surface area contributed by atoms with E-state index >= 15 is 0 Å². The van der Waals surface area contributed by atoms with Crippen LogP contribution in [0.25, 0.3) is 0 Å². The molecule has 0 saturated heterocycles. The van der Waals surface area contributed by atoms with Crippen molar-refractivity contribution in [3.05, 3.63) is 105 Å². The highest BCUT2D eigenvalue weighted by atomic mass is 35.5. The van der Waals surface area contributed by atoms with E-state index in [1.54, 1.807) is 42.5 Å². The Hall–Kier alpha value is -3.88. The molecule has 1 fully saturated rings. The van der Waals surface area contributed by atoms with Gasteiger partial charge in [0, 0.05) is 28.7 Å². The van der Waals surface area contributed by atoms with Crippen LogP contribution in [-0.2, 0) is 33.9 Å². The Morgan fingerprint density at radius 1 is 0.767 bits per heavy atom. The number of nitrogen functional groups attached to an aromatic ring is 1. The van der Waals surface area contributed by atoms with Crippen molar-refractivity contribution >= 4 is 46.8 Å². The lowest BCUT2D eigenvalue weighted by molar-refractivity contribution is -0.138. The Bertz CT molecular complexity index is 1410. The predicted octanol–water partition coefficient (Wildman–Crippen LogP) is 5.13.